The van der Waals surface area contributed by atoms with Crippen molar-refractivity contribution in [1.82, 2.24) is 4.98 Å². The second-order valence-electron chi connectivity index (χ2n) is 3.77. The van der Waals surface area contributed by atoms with Crippen LogP contribution >= 0.6 is 11.6 Å². The highest BCUT2D eigenvalue weighted by Gasteiger charge is 2.00. The summed E-state index contributed by atoms with van der Waals surface area (Å²) in [7, 11) is 0. The number of hydrogen-bond donors (Lipinski definition) is 0. The van der Waals surface area contributed by atoms with Gasteiger partial charge in [0.15, 0.2) is 0 Å². The zero-order valence-corrected chi connectivity index (χ0v) is 9.82. The number of aromatic nitrogens is 1. The Hall–Kier alpha value is -1.34. The summed E-state index contributed by atoms with van der Waals surface area (Å²) in [6, 6.07) is 14.3. The lowest BCUT2D eigenvalue weighted by atomic mass is 10.1. The van der Waals surface area contributed by atoms with Crippen LogP contribution in [-0.2, 0) is 12.8 Å². The number of aryl methyl sites for hydroxylation is 2. The number of benzene rings is 1. The molecule has 0 amide bonds. The monoisotopic (exact) mass is 231 g/mol. The van der Waals surface area contributed by atoms with Crippen molar-refractivity contribution < 1.29 is 0 Å². The fourth-order valence-corrected chi connectivity index (χ4v) is 1.92. The van der Waals surface area contributed by atoms with Crippen LogP contribution in [0, 0.1) is 0 Å². The number of nitrogens with zero attached hydrogens (tertiary/aromatic N) is 1. The molecule has 2 rings (SSSR count). The summed E-state index contributed by atoms with van der Waals surface area (Å²) < 4.78 is 0. The molecular formula is C14H14ClN. The van der Waals surface area contributed by atoms with Crippen molar-refractivity contribution >= 4 is 11.6 Å². The first-order valence-electron chi connectivity index (χ1n) is 5.49. The van der Waals surface area contributed by atoms with E-state index in [9.17, 15) is 0 Å². The Kier molecular flexibility index (Phi) is 3.95. The van der Waals surface area contributed by atoms with Crippen LogP contribution < -0.4 is 0 Å². The van der Waals surface area contributed by atoms with Crippen molar-refractivity contribution in [3.8, 4) is 0 Å². The van der Waals surface area contributed by atoms with Crippen molar-refractivity contribution in [3.05, 3.63) is 64.9 Å². The maximum atomic E-state index is 6.04. The molecule has 0 unspecified atom stereocenters. The number of halogens is 1. The Bertz CT molecular complexity index is 439. The Morgan fingerprint density at radius 3 is 2.50 bits per heavy atom. The summed E-state index contributed by atoms with van der Waals surface area (Å²) in [5.41, 5.74) is 2.37. The maximum Gasteiger partial charge on any atom is 0.0621 e. The Balaban J connectivity index is 1.87. The summed E-state index contributed by atoms with van der Waals surface area (Å²) in [6.07, 6.45) is 4.90. The molecule has 0 spiro atoms. The summed E-state index contributed by atoms with van der Waals surface area (Å²) in [5, 5.41) is 0.774. The highest BCUT2D eigenvalue weighted by molar-refractivity contribution is 6.31. The zero-order valence-electron chi connectivity index (χ0n) is 9.07. The van der Waals surface area contributed by atoms with Crippen molar-refractivity contribution in [1.29, 1.82) is 0 Å². The zero-order chi connectivity index (χ0) is 11.2. The molecule has 1 nitrogen and oxygen atoms in total. The van der Waals surface area contributed by atoms with Crippen LogP contribution in [0.4, 0.5) is 0 Å². The Labute approximate surface area is 101 Å². The number of hydrogen-bond acceptors (Lipinski definition) is 1. The number of pyridine rings is 1. The summed E-state index contributed by atoms with van der Waals surface area (Å²) in [4.78, 5) is 4.28. The van der Waals surface area contributed by atoms with Gasteiger partial charge < -0.3 is 0 Å². The van der Waals surface area contributed by atoms with E-state index >= 15 is 0 Å². The molecule has 0 aliphatic rings. The fourth-order valence-electron chi connectivity index (χ4n) is 1.71. The summed E-state index contributed by atoms with van der Waals surface area (Å²) in [5.74, 6) is 0. The van der Waals surface area contributed by atoms with Gasteiger partial charge in [-0.25, -0.2) is 0 Å². The SMILES string of the molecule is Clc1cccnc1CCCc1ccccc1. The molecule has 16 heavy (non-hydrogen) atoms. The third-order valence-electron chi connectivity index (χ3n) is 2.56. The molecule has 0 aliphatic carbocycles. The largest absolute Gasteiger partial charge is 0.260 e. The molecule has 1 heterocycles. The van der Waals surface area contributed by atoms with Crippen LogP contribution in [0.5, 0.6) is 0 Å². The highest BCUT2D eigenvalue weighted by atomic mass is 35.5. The van der Waals surface area contributed by atoms with Gasteiger partial charge in [0.05, 0.1) is 10.7 Å². The van der Waals surface area contributed by atoms with E-state index in [-0.39, 0.29) is 0 Å². The lowest BCUT2D eigenvalue weighted by molar-refractivity contribution is 0.799. The van der Waals surface area contributed by atoms with Gasteiger partial charge in [0, 0.05) is 6.20 Å². The predicted molar refractivity (Wildman–Crippen MR) is 67.7 cm³/mol. The molecule has 1 aromatic heterocycles. The van der Waals surface area contributed by atoms with Gasteiger partial charge in [-0.3, -0.25) is 4.98 Å². The molecule has 2 heteroatoms. The van der Waals surface area contributed by atoms with Gasteiger partial charge in [-0.15, -0.1) is 0 Å². The minimum Gasteiger partial charge on any atom is -0.260 e. The summed E-state index contributed by atoms with van der Waals surface area (Å²) >= 11 is 6.04. The van der Waals surface area contributed by atoms with E-state index in [2.05, 4.69) is 29.2 Å². The summed E-state index contributed by atoms with van der Waals surface area (Å²) in [6.45, 7) is 0. The van der Waals surface area contributed by atoms with Gasteiger partial charge in [-0.1, -0.05) is 41.9 Å². The van der Waals surface area contributed by atoms with Gasteiger partial charge in [0.25, 0.3) is 0 Å². The molecule has 0 N–H and O–H groups in total. The molecule has 0 radical (unpaired) electrons. The first-order valence-corrected chi connectivity index (χ1v) is 5.87. The van der Waals surface area contributed by atoms with Gasteiger partial charge in [-0.05, 0) is 37.0 Å². The third-order valence-corrected chi connectivity index (χ3v) is 2.90. The quantitative estimate of drug-likeness (QED) is 0.778. The molecule has 0 saturated heterocycles. The molecule has 1 aromatic carbocycles. The Morgan fingerprint density at radius 2 is 1.75 bits per heavy atom. The molecule has 82 valence electrons. The molecule has 0 fully saturated rings. The van der Waals surface area contributed by atoms with E-state index in [4.69, 9.17) is 11.6 Å². The minimum absolute atomic E-state index is 0.774. The molecule has 0 saturated carbocycles. The molecule has 0 bridgehead atoms. The number of rotatable bonds is 4. The second kappa shape index (κ2) is 5.66. The van der Waals surface area contributed by atoms with Crippen LogP contribution in [0.15, 0.2) is 48.7 Å². The molecule has 0 atom stereocenters. The maximum absolute atomic E-state index is 6.04. The standard InChI is InChI=1S/C14H14ClN/c15-13-9-5-11-16-14(13)10-4-8-12-6-2-1-3-7-12/h1-3,5-7,9,11H,4,8,10H2. The molecule has 0 aliphatic heterocycles. The van der Waals surface area contributed by atoms with Gasteiger partial charge in [-0.2, -0.15) is 0 Å². The van der Waals surface area contributed by atoms with E-state index < -0.39 is 0 Å². The second-order valence-corrected chi connectivity index (χ2v) is 4.18. The molecule has 2 aromatic rings. The first-order chi connectivity index (χ1) is 7.86. The van der Waals surface area contributed by atoms with Gasteiger partial charge >= 0.3 is 0 Å². The lowest BCUT2D eigenvalue weighted by Crippen LogP contribution is -1.93. The van der Waals surface area contributed by atoms with E-state index in [0.717, 1.165) is 30.0 Å². The van der Waals surface area contributed by atoms with Crippen LogP contribution in [0.3, 0.4) is 0 Å². The van der Waals surface area contributed by atoms with Crippen LogP contribution in [0.1, 0.15) is 17.7 Å². The van der Waals surface area contributed by atoms with Crippen molar-refractivity contribution in [2.75, 3.05) is 0 Å². The van der Waals surface area contributed by atoms with Crippen molar-refractivity contribution in [2.45, 2.75) is 19.3 Å². The topological polar surface area (TPSA) is 12.9 Å². The Morgan fingerprint density at radius 1 is 0.938 bits per heavy atom. The van der Waals surface area contributed by atoms with Gasteiger partial charge in [0.2, 0.25) is 0 Å². The average molecular weight is 232 g/mol. The van der Waals surface area contributed by atoms with E-state index in [0.29, 0.717) is 0 Å². The predicted octanol–water partition coefficient (Wildman–Crippen LogP) is 3.91. The fraction of sp³-hybridized carbons (Fsp3) is 0.214. The smallest absolute Gasteiger partial charge is 0.0621 e. The molecular weight excluding hydrogens is 218 g/mol. The van der Waals surface area contributed by atoms with Crippen LogP contribution in [0.2, 0.25) is 5.02 Å². The van der Waals surface area contributed by atoms with E-state index in [1.807, 2.05) is 18.2 Å². The van der Waals surface area contributed by atoms with Crippen molar-refractivity contribution in [3.63, 3.8) is 0 Å². The first kappa shape index (κ1) is 11.2. The van der Waals surface area contributed by atoms with Crippen LogP contribution in [0.25, 0.3) is 0 Å². The normalized spacial score (nSPS) is 10.3. The minimum atomic E-state index is 0.774. The van der Waals surface area contributed by atoms with Gasteiger partial charge in [0.1, 0.15) is 0 Å². The third kappa shape index (κ3) is 3.07. The van der Waals surface area contributed by atoms with E-state index in [1.54, 1.807) is 6.20 Å². The average Bonchev–Trinajstić information content (AvgIpc) is 2.33. The van der Waals surface area contributed by atoms with Crippen molar-refractivity contribution in [2.24, 2.45) is 0 Å². The highest BCUT2D eigenvalue weighted by Crippen LogP contribution is 2.15. The van der Waals surface area contributed by atoms with Crippen LogP contribution in [-0.4, -0.2) is 4.98 Å². The lowest BCUT2D eigenvalue weighted by Gasteiger charge is -2.03. The van der Waals surface area contributed by atoms with E-state index in [1.165, 1.54) is 5.56 Å².